The molecule has 0 bridgehead atoms. The summed E-state index contributed by atoms with van der Waals surface area (Å²) in [5.74, 6) is 0.575. The van der Waals surface area contributed by atoms with Crippen LogP contribution in [0, 0.1) is 10.5 Å². The number of nitrogens with one attached hydrogen (secondary N) is 1. The number of anilines is 1. The van der Waals surface area contributed by atoms with Crippen molar-refractivity contribution < 1.29 is 14.6 Å². The minimum atomic E-state index is -0.420. The van der Waals surface area contributed by atoms with Crippen molar-refractivity contribution in [1.82, 2.24) is 0 Å². The highest BCUT2D eigenvalue weighted by atomic mass is 127. The zero-order chi connectivity index (χ0) is 19.6. The number of phenolic OH excluding ortho intramolecular Hbond substituents is 1. The largest absolute Gasteiger partial charge is 0.506 e. The van der Waals surface area contributed by atoms with Gasteiger partial charge in [0.15, 0.2) is 0 Å². The molecule has 1 amide bonds. The van der Waals surface area contributed by atoms with E-state index in [-0.39, 0.29) is 11.3 Å². The number of aryl methyl sites for hydroxylation is 1. The Balaban J connectivity index is 1.78. The van der Waals surface area contributed by atoms with Crippen molar-refractivity contribution in [1.29, 1.82) is 0 Å². The number of benzene rings is 3. The molecule has 3 rings (SSSR count). The van der Waals surface area contributed by atoms with E-state index in [1.807, 2.05) is 29.5 Å². The summed E-state index contributed by atoms with van der Waals surface area (Å²) in [6.45, 7) is 1.86. The minimum absolute atomic E-state index is 0.0486. The zero-order valence-electron chi connectivity index (χ0n) is 14.1. The third-order valence-corrected chi connectivity index (χ3v) is 5.05. The molecule has 27 heavy (non-hydrogen) atoms. The predicted octanol–water partition coefficient (Wildman–Crippen LogP) is 6.66. The van der Waals surface area contributed by atoms with Gasteiger partial charge in [0, 0.05) is 10.7 Å². The van der Waals surface area contributed by atoms with Crippen molar-refractivity contribution in [2.45, 2.75) is 6.92 Å². The van der Waals surface area contributed by atoms with Crippen LogP contribution in [0.1, 0.15) is 15.9 Å². The predicted molar refractivity (Wildman–Crippen MR) is 116 cm³/mol. The number of halogens is 3. The molecule has 0 atom stereocenters. The van der Waals surface area contributed by atoms with Crippen molar-refractivity contribution in [3.63, 3.8) is 0 Å². The molecule has 3 aromatic rings. The molecule has 0 radical (unpaired) electrons. The lowest BCUT2D eigenvalue weighted by Gasteiger charge is -2.12. The molecule has 0 aliphatic rings. The maximum Gasteiger partial charge on any atom is 0.259 e. The van der Waals surface area contributed by atoms with Gasteiger partial charge in [-0.3, -0.25) is 4.79 Å². The fourth-order valence-corrected chi connectivity index (χ4v) is 3.52. The van der Waals surface area contributed by atoms with Gasteiger partial charge in [-0.05, 0) is 89.7 Å². The summed E-state index contributed by atoms with van der Waals surface area (Å²) in [7, 11) is 0. The first-order valence-corrected chi connectivity index (χ1v) is 9.70. The van der Waals surface area contributed by atoms with Crippen LogP contribution in [-0.2, 0) is 0 Å². The van der Waals surface area contributed by atoms with Crippen LogP contribution in [0.15, 0.2) is 54.6 Å². The maximum absolute atomic E-state index is 12.5. The van der Waals surface area contributed by atoms with Gasteiger partial charge in [0.25, 0.3) is 5.91 Å². The Morgan fingerprint density at radius 3 is 2.44 bits per heavy atom. The van der Waals surface area contributed by atoms with Crippen molar-refractivity contribution in [3.8, 4) is 17.2 Å². The molecule has 0 saturated heterocycles. The molecule has 7 heteroatoms. The van der Waals surface area contributed by atoms with Gasteiger partial charge in [-0.1, -0.05) is 23.2 Å². The quantitative estimate of drug-likeness (QED) is 0.383. The van der Waals surface area contributed by atoms with E-state index in [0.717, 1.165) is 5.56 Å². The molecular formula is C20H14Cl2INO3. The summed E-state index contributed by atoms with van der Waals surface area (Å²) in [5, 5.41) is 13.8. The SMILES string of the molecule is Cc1cc(I)c(O)c(C(=O)Nc2ccc(Oc3ccc(Cl)cc3)c(Cl)c2)c1. The number of hydrogen-bond donors (Lipinski definition) is 2. The molecule has 138 valence electrons. The third-order valence-electron chi connectivity index (χ3n) is 3.68. The molecule has 0 unspecified atom stereocenters. The molecule has 3 aromatic carbocycles. The molecule has 0 aliphatic carbocycles. The molecule has 0 spiro atoms. The average Bonchev–Trinajstić information content (AvgIpc) is 2.62. The zero-order valence-corrected chi connectivity index (χ0v) is 17.8. The van der Waals surface area contributed by atoms with Gasteiger partial charge >= 0.3 is 0 Å². The summed E-state index contributed by atoms with van der Waals surface area (Å²) >= 11 is 14.1. The van der Waals surface area contributed by atoms with Gasteiger partial charge in [0.2, 0.25) is 0 Å². The molecule has 0 saturated carbocycles. The van der Waals surface area contributed by atoms with Gasteiger partial charge in [0.1, 0.15) is 17.2 Å². The molecular weight excluding hydrogens is 500 g/mol. The summed E-state index contributed by atoms with van der Waals surface area (Å²) in [5.41, 5.74) is 1.58. The Hall–Kier alpha value is -1.96. The fraction of sp³-hybridized carbons (Fsp3) is 0.0500. The van der Waals surface area contributed by atoms with E-state index in [1.165, 1.54) is 0 Å². The standard InChI is InChI=1S/C20H14Cl2INO3/c1-11-8-15(19(25)17(23)9-11)20(26)24-13-4-7-18(16(22)10-13)27-14-5-2-12(21)3-6-14/h2-10,25H,1H3,(H,24,26). The highest BCUT2D eigenvalue weighted by molar-refractivity contribution is 14.1. The summed E-state index contributed by atoms with van der Waals surface area (Å²) < 4.78 is 6.33. The Labute approximate surface area is 180 Å². The van der Waals surface area contributed by atoms with E-state index in [0.29, 0.717) is 30.8 Å². The van der Waals surface area contributed by atoms with E-state index < -0.39 is 5.91 Å². The second kappa shape index (κ2) is 8.37. The number of aromatic hydroxyl groups is 1. The van der Waals surface area contributed by atoms with Crippen LogP contribution in [0.5, 0.6) is 17.2 Å². The maximum atomic E-state index is 12.5. The number of carbonyl (C=O) groups excluding carboxylic acids is 1. The second-order valence-electron chi connectivity index (χ2n) is 5.80. The number of hydrogen-bond acceptors (Lipinski definition) is 3. The van der Waals surface area contributed by atoms with E-state index in [2.05, 4.69) is 5.32 Å². The number of ether oxygens (including phenoxy) is 1. The summed E-state index contributed by atoms with van der Waals surface area (Å²) in [6, 6.07) is 15.2. The van der Waals surface area contributed by atoms with Crippen LogP contribution in [0.4, 0.5) is 5.69 Å². The van der Waals surface area contributed by atoms with Gasteiger partial charge in [-0.2, -0.15) is 0 Å². The average molecular weight is 514 g/mol. The highest BCUT2D eigenvalue weighted by Crippen LogP contribution is 2.33. The fourth-order valence-electron chi connectivity index (χ4n) is 2.40. The van der Waals surface area contributed by atoms with Gasteiger partial charge in [0.05, 0.1) is 14.2 Å². The van der Waals surface area contributed by atoms with Crippen LogP contribution in [0.25, 0.3) is 0 Å². The van der Waals surface area contributed by atoms with E-state index in [1.54, 1.807) is 54.6 Å². The number of phenols is 1. The molecule has 0 aliphatic heterocycles. The second-order valence-corrected chi connectivity index (χ2v) is 7.80. The topological polar surface area (TPSA) is 58.6 Å². The van der Waals surface area contributed by atoms with Crippen LogP contribution in [0.2, 0.25) is 10.0 Å². The first-order chi connectivity index (χ1) is 12.8. The Kier molecular flexibility index (Phi) is 6.14. The normalized spacial score (nSPS) is 10.5. The van der Waals surface area contributed by atoms with Crippen LogP contribution >= 0.6 is 45.8 Å². The van der Waals surface area contributed by atoms with Crippen LogP contribution in [0.3, 0.4) is 0 Å². The lowest BCUT2D eigenvalue weighted by Crippen LogP contribution is -2.12. The van der Waals surface area contributed by atoms with E-state index >= 15 is 0 Å². The van der Waals surface area contributed by atoms with Crippen molar-refractivity contribution in [2.24, 2.45) is 0 Å². The van der Waals surface area contributed by atoms with Gasteiger partial charge in [-0.15, -0.1) is 0 Å². The third kappa shape index (κ3) is 4.86. The summed E-state index contributed by atoms with van der Waals surface area (Å²) in [6.07, 6.45) is 0. The van der Waals surface area contributed by atoms with Gasteiger partial charge in [-0.25, -0.2) is 0 Å². The smallest absolute Gasteiger partial charge is 0.259 e. The Bertz CT molecular complexity index is 1010. The lowest BCUT2D eigenvalue weighted by atomic mass is 10.1. The van der Waals surface area contributed by atoms with Crippen LogP contribution in [-0.4, -0.2) is 11.0 Å². The number of amides is 1. The lowest BCUT2D eigenvalue weighted by molar-refractivity contribution is 0.102. The first-order valence-electron chi connectivity index (χ1n) is 7.87. The molecule has 2 N–H and O–H groups in total. The van der Waals surface area contributed by atoms with Crippen molar-refractivity contribution in [3.05, 3.63) is 79.3 Å². The van der Waals surface area contributed by atoms with Crippen LogP contribution < -0.4 is 10.1 Å². The van der Waals surface area contributed by atoms with E-state index in [4.69, 9.17) is 27.9 Å². The summed E-state index contributed by atoms with van der Waals surface area (Å²) in [4.78, 5) is 12.5. The van der Waals surface area contributed by atoms with Gasteiger partial charge < -0.3 is 15.2 Å². The highest BCUT2D eigenvalue weighted by Gasteiger charge is 2.15. The van der Waals surface area contributed by atoms with E-state index in [9.17, 15) is 9.90 Å². The number of carbonyl (C=O) groups is 1. The molecule has 0 aromatic heterocycles. The number of rotatable bonds is 4. The molecule has 0 heterocycles. The molecule has 4 nitrogen and oxygen atoms in total. The Morgan fingerprint density at radius 2 is 1.78 bits per heavy atom. The monoisotopic (exact) mass is 513 g/mol. The Morgan fingerprint density at radius 1 is 1.07 bits per heavy atom. The first kappa shape index (κ1) is 19.8. The van der Waals surface area contributed by atoms with Crippen molar-refractivity contribution >= 4 is 57.4 Å². The molecule has 0 fully saturated rings. The minimum Gasteiger partial charge on any atom is -0.506 e. The van der Waals surface area contributed by atoms with Crippen molar-refractivity contribution in [2.75, 3.05) is 5.32 Å².